The smallest absolute Gasteiger partial charge is 0.227 e. The molecule has 0 saturated heterocycles. The van der Waals surface area contributed by atoms with E-state index in [4.69, 9.17) is 35.5 Å². The molecule has 1 N–H and O–H groups in total. The van der Waals surface area contributed by atoms with Gasteiger partial charge < -0.3 is 24.1 Å². The molecule has 7 nitrogen and oxygen atoms in total. The minimum Gasteiger partial charge on any atom is -0.493 e. The minimum atomic E-state index is -0.524. The molecule has 2 aliphatic rings. The van der Waals surface area contributed by atoms with Crippen molar-refractivity contribution in [2.24, 2.45) is 4.99 Å². The van der Waals surface area contributed by atoms with Gasteiger partial charge in [-0.3, -0.25) is 4.99 Å². The van der Waals surface area contributed by atoms with Crippen LogP contribution in [0.1, 0.15) is 36.0 Å². The van der Waals surface area contributed by atoms with Gasteiger partial charge in [0.15, 0.2) is 11.5 Å². The fourth-order valence-corrected chi connectivity index (χ4v) is 4.43. The number of aliphatic hydroxyl groups excluding tert-OH is 1. The highest BCUT2D eigenvalue weighted by Gasteiger charge is 2.36. The second kappa shape index (κ2) is 8.77. The minimum absolute atomic E-state index is 0.000148. The number of pyridine rings is 1. The molecule has 1 aromatic heterocycles. The topological polar surface area (TPSA) is 82.4 Å². The van der Waals surface area contributed by atoms with E-state index in [0.717, 1.165) is 11.1 Å². The summed E-state index contributed by atoms with van der Waals surface area (Å²) in [4.78, 5) is 9.40. The molecule has 1 aliphatic carbocycles. The van der Waals surface area contributed by atoms with Crippen molar-refractivity contribution in [1.82, 2.24) is 4.98 Å². The van der Waals surface area contributed by atoms with Crippen LogP contribution in [0, 0.1) is 0 Å². The van der Waals surface area contributed by atoms with Gasteiger partial charge in [-0.2, -0.15) is 4.98 Å². The summed E-state index contributed by atoms with van der Waals surface area (Å²) in [5.74, 6) is 1.92. The Kier molecular flexibility index (Phi) is 6.07. The first-order valence-electron chi connectivity index (χ1n) is 10.1. The van der Waals surface area contributed by atoms with Gasteiger partial charge in [0.05, 0.1) is 56.4 Å². The van der Waals surface area contributed by atoms with Gasteiger partial charge in [-0.15, -0.1) is 0 Å². The summed E-state index contributed by atoms with van der Waals surface area (Å²) >= 11 is 6.65. The van der Waals surface area contributed by atoms with E-state index in [0.29, 0.717) is 52.6 Å². The number of fused-ring (bicyclic) bond motifs is 3. The number of rotatable bonds is 6. The Labute approximate surface area is 186 Å². The number of aromatic nitrogens is 1. The second-order valence-electron chi connectivity index (χ2n) is 7.32. The van der Waals surface area contributed by atoms with E-state index in [9.17, 15) is 5.11 Å². The molecule has 0 saturated carbocycles. The molecule has 8 heteroatoms. The van der Waals surface area contributed by atoms with E-state index in [-0.39, 0.29) is 12.0 Å². The second-order valence-corrected chi connectivity index (χ2v) is 7.72. The molecule has 1 aliphatic heterocycles. The van der Waals surface area contributed by atoms with E-state index in [2.05, 4.69) is 4.98 Å². The lowest BCUT2D eigenvalue weighted by Crippen LogP contribution is -2.31. The molecule has 0 amide bonds. The molecule has 0 radical (unpaired) electrons. The first kappa shape index (κ1) is 21.5. The first-order chi connectivity index (χ1) is 15.0. The number of hydrogen-bond donors (Lipinski definition) is 1. The number of methoxy groups -OCH3 is 3. The number of benzene rings is 1. The molecule has 0 bridgehead atoms. The van der Waals surface area contributed by atoms with Crippen LogP contribution < -0.4 is 18.9 Å². The molecule has 4 rings (SSSR count). The van der Waals surface area contributed by atoms with Crippen molar-refractivity contribution < 1.29 is 24.1 Å². The molecule has 164 valence electrons. The van der Waals surface area contributed by atoms with Gasteiger partial charge in [0, 0.05) is 17.5 Å². The normalized spacial score (nSPS) is 21.6. The number of aliphatic imine (C=N–C) groups is 1. The molecule has 2 aromatic rings. The fraction of sp³-hybridized carbons (Fsp3) is 0.391. The van der Waals surface area contributed by atoms with Gasteiger partial charge in [-0.05, 0) is 31.0 Å². The summed E-state index contributed by atoms with van der Waals surface area (Å²) in [6.07, 6.45) is 3.76. The SMILES string of the molecule is CCOc1cc2c(cc1OC)C(c1c(Cl)cc(OC)nc1OC)=N[C@@H]1C=C[C@H](O)C[C@H]21. The molecule has 0 fully saturated rings. The molecular weight excluding hydrogens is 420 g/mol. The third-order valence-corrected chi connectivity index (χ3v) is 5.86. The summed E-state index contributed by atoms with van der Waals surface area (Å²) in [5, 5.41) is 10.7. The molecule has 1 aromatic carbocycles. The van der Waals surface area contributed by atoms with Crippen molar-refractivity contribution in [2.75, 3.05) is 27.9 Å². The quantitative estimate of drug-likeness (QED) is 0.683. The van der Waals surface area contributed by atoms with Crippen LogP contribution in [0.2, 0.25) is 5.02 Å². The van der Waals surface area contributed by atoms with Crippen LogP contribution in [0.25, 0.3) is 0 Å². The van der Waals surface area contributed by atoms with Crippen molar-refractivity contribution in [2.45, 2.75) is 31.4 Å². The Morgan fingerprint density at radius 1 is 1.06 bits per heavy atom. The highest BCUT2D eigenvalue weighted by atomic mass is 35.5. The van der Waals surface area contributed by atoms with Crippen LogP contribution in [0.5, 0.6) is 23.3 Å². The summed E-state index contributed by atoms with van der Waals surface area (Å²) < 4.78 is 22.2. The summed E-state index contributed by atoms with van der Waals surface area (Å²) in [7, 11) is 4.65. The molecule has 31 heavy (non-hydrogen) atoms. The number of nitrogens with zero attached hydrogens (tertiary/aromatic N) is 2. The number of hydrogen-bond acceptors (Lipinski definition) is 7. The van der Waals surface area contributed by atoms with E-state index in [1.54, 1.807) is 19.3 Å². The highest BCUT2D eigenvalue weighted by Crippen LogP contribution is 2.45. The van der Waals surface area contributed by atoms with Crippen molar-refractivity contribution in [1.29, 1.82) is 0 Å². The Bertz CT molecular complexity index is 1050. The van der Waals surface area contributed by atoms with Crippen LogP contribution >= 0.6 is 11.6 Å². The summed E-state index contributed by atoms with van der Waals surface area (Å²) in [6, 6.07) is 5.37. The maximum Gasteiger partial charge on any atom is 0.227 e. The average Bonchev–Trinajstić information content (AvgIpc) is 2.78. The van der Waals surface area contributed by atoms with E-state index >= 15 is 0 Å². The monoisotopic (exact) mass is 444 g/mol. The highest BCUT2D eigenvalue weighted by molar-refractivity contribution is 6.36. The zero-order valence-corrected chi connectivity index (χ0v) is 18.6. The molecule has 2 heterocycles. The lowest BCUT2D eigenvalue weighted by Gasteiger charge is -2.35. The van der Waals surface area contributed by atoms with Gasteiger partial charge in [-0.25, -0.2) is 0 Å². The molecule has 0 spiro atoms. The average molecular weight is 445 g/mol. The standard InChI is InChI=1S/C23H25ClN2O5/c1-5-31-19-9-13-14-8-12(27)6-7-17(14)25-22(15(13)10-18(19)28-2)21-16(24)11-20(29-3)26-23(21)30-4/h6-7,9-12,14,17,27H,5,8H2,1-4H3/t12-,14+,17+/m0/s1. The number of aliphatic hydroxyl groups is 1. The van der Waals surface area contributed by atoms with Crippen LogP contribution in [-0.2, 0) is 0 Å². The van der Waals surface area contributed by atoms with Crippen molar-refractivity contribution in [3.8, 4) is 23.3 Å². The van der Waals surface area contributed by atoms with Gasteiger partial charge in [0.25, 0.3) is 0 Å². The third-order valence-electron chi connectivity index (χ3n) is 5.56. The summed E-state index contributed by atoms with van der Waals surface area (Å²) in [6.45, 7) is 2.43. The van der Waals surface area contributed by atoms with Crippen molar-refractivity contribution in [3.63, 3.8) is 0 Å². The van der Waals surface area contributed by atoms with Crippen LogP contribution in [0.15, 0.2) is 35.3 Å². The molecular formula is C23H25ClN2O5. The van der Waals surface area contributed by atoms with Crippen LogP contribution in [0.3, 0.4) is 0 Å². The van der Waals surface area contributed by atoms with Gasteiger partial charge in [0.2, 0.25) is 11.8 Å². The van der Waals surface area contributed by atoms with Crippen LogP contribution in [-0.4, -0.2) is 55.9 Å². The lowest BCUT2D eigenvalue weighted by molar-refractivity contribution is 0.190. The largest absolute Gasteiger partial charge is 0.493 e. The van der Waals surface area contributed by atoms with Crippen LogP contribution in [0.4, 0.5) is 0 Å². The lowest BCUT2D eigenvalue weighted by atomic mass is 9.77. The van der Waals surface area contributed by atoms with Crippen molar-refractivity contribution >= 4 is 17.3 Å². The van der Waals surface area contributed by atoms with Gasteiger partial charge >= 0.3 is 0 Å². The third kappa shape index (κ3) is 3.83. The zero-order chi connectivity index (χ0) is 22.1. The first-order valence-corrected chi connectivity index (χ1v) is 10.5. The Morgan fingerprint density at radius 2 is 1.87 bits per heavy atom. The maximum atomic E-state index is 10.3. The summed E-state index contributed by atoms with van der Waals surface area (Å²) in [5.41, 5.74) is 3.08. The van der Waals surface area contributed by atoms with Gasteiger partial charge in [0.1, 0.15) is 0 Å². The predicted octanol–water partition coefficient (Wildman–Crippen LogP) is 3.78. The van der Waals surface area contributed by atoms with E-state index in [1.807, 2.05) is 25.1 Å². The Morgan fingerprint density at radius 3 is 2.55 bits per heavy atom. The predicted molar refractivity (Wildman–Crippen MR) is 118 cm³/mol. The van der Waals surface area contributed by atoms with Gasteiger partial charge in [-0.1, -0.05) is 23.8 Å². The van der Waals surface area contributed by atoms with E-state index < -0.39 is 6.10 Å². The Hall–Kier alpha value is -2.77. The Balaban J connectivity index is 1.97. The van der Waals surface area contributed by atoms with E-state index in [1.165, 1.54) is 14.2 Å². The number of halogens is 1. The fourth-order valence-electron chi connectivity index (χ4n) is 4.17. The molecule has 3 atom stereocenters. The zero-order valence-electron chi connectivity index (χ0n) is 17.9. The number of ether oxygens (including phenoxy) is 4. The van der Waals surface area contributed by atoms with Crippen molar-refractivity contribution in [3.05, 3.63) is 52.1 Å². The molecule has 0 unspecified atom stereocenters. The maximum absolute atomic E-state index is 10.3.